The van der Waals surface area contributed by atoms with E-state index in [0.29, 0.717) is 0 Å². The summed E-state index contributed by atoms with van der Waals surface area (Å²) in [6.07, 6.45) is 0.994. The van der Waals surface area contributed by atoms with Crippen molar-refractivity contribution in [2.45, 2.75) is 24.7 Å². The van der Waals surface area contributed by atoms with E-state index >= 15 is 0 Å². The Hall–Kier alpha value is -0.250. The molecular formula is C12H17BrClNO. The van der Waals surface area contributed by atoms with E-state index in [1.807, 2.05) is 12.1 Å². The molecule has 1 aliphatic carbocycles. The topological polar surface area (TPSA) is 35.2 Å². The maximum Gasteiger partial charge on any atom is 0.119 e. The van der Waals surface area contributed by atoms with Crippen molar-refractivity contribution in [3.05, 3.63) is 29.3 Å². The number of rotatable bonds is 1. The van der Waals surface area contributed by atoms with Gasteiger partial charge in [-0.2, -0.15) is 0 Å². The third-order valence-corrected chi connectivity index (χ3v) is 4.83. The number of hydrogen-bond donors (Lipinski definition) is 1. The Kier molecular flexibility index (Phi) is 3.63. The molecule has 2 N–H and O–H groups in total. The minimum absolute atomic E-state index is 0. The SMILES string of the molecule is COc1ccc2c(c1)C(N)(Br)C(C)(C)C2.Cl. The van der Waals surface area contributed by atoms with Gasteiger partial charge in [-0.25, -0.2) is 0 Å². The molecule has 4 heteroatoms. The zero-order valence-corrected chi connectivity index (χ0v) is 12.1. The fraction of sp³-hybridized carbons (Fsp3) is 0.500. The summed E-state index contributed by atoms with van der Waals surface area (Å²) >= 11 is 3.65. The van der Waals surface area contributed by atoms with Crippen LogP contribution in [0.25, 0.3) is 0 Å². The Morgan fingerprint density at radius 2 is 2.00 bits per heavy atom. The molecule has 1 aliphatic rings. The summed E-state index contributed by atoms with van der Waals surface area (Å²) in [5, 5.41) is 0. The third-order valence-electron chi connectivity index (χ3n) is 3.33. The van der Waals surface area contributed by atoms with Crippen LogP contribution in [0.4, 0.5) is 0 Å². The molecule has 0 radical (unpaired) electrons. The molecule has 0 aliphatic heterocycles. The lowest BCUT2D eigenvalue weighted by Gasteiger charge is -2.33. The van der Waals surface area contributed by atoms with Crippen LogP contribution in [0.2, 0.25) is 0 Å². The molecule has 16 heavy (non-hydrogen) atoms. The summed E-state index contributed by atoms with van der Waals surface area (Å²) < 4.78 is 4.77. The van der Waals surface area contributed by atoms with E-state index in [4.69, 9.17) is 10.5 Å². The van der Waals surface area contributed by atoms with E-state index in [9.17, 15) is 0 Å². The van der Waals surface area contributed by atoms with Crippen LogP contribution in [0.15, 0.2) is 18.2 Å². The van der Waals surface area contributed by atoms with Crippen molar-refractivity contribution in [1.82, 2.24) is 0 Å². The van der Waals surface area contributed by atoms with E-state index in [0.717, 1.165) is 17.7 Å². The molecule has 1 atom stereocenters. The van der Waals surface area contributed by atoms with Crippen LogP contribution in [0, 0.1) is 5.41 Å². The quantitative estimate of drug-likeness (QED) is 0.639. The van der Waals surface area contributed by atoms with Crippen LogP contribution in [0.3, 0.4) is 0 Å². The lowest BCUT2D eigenvalue weighted by atomic mass is 9.86. The summed E-state index contributed by atoms with van der Waals surface area (Å²) in [4.78, 5) is 0. The van der Waals surface area contributed by atoms with Gasteiger partial charge in [-0.15, -0.1) is 12.4 Å². The van der Waals surface area contributed by atoms with E-state index < -0.39 is 4.45 Å². The van der Waals surface area contributed by atoms with Crippen LogP contribution >= 0.6 is 28.3 Å². The first-order valence-corrected chi connectivity index (χ1v) is 5.83. The van der Waals surface area contributed by atoms with Crippen LogP contribution in [0.1, 0.15) is 25.0 Å². The normalized spacial score (nSPS) is 25.8. The van der Waals surface area contributed by atoms with Crippen molar-refractivity contribution in [3.8, 4) is 5.75 Å². The maximum atomic E-state index is 6.35. The zero-order chi connectivity index (χ0) is 11.3. The number of alkyl halides is 1. The third kappa shape index (κ3) is 1.85. The first-order valence-electron chi connectivity index (χ1n) is 5.04. The van der Waals surface area contributed by atoms with Crippen molar-refractivity contribution >= 4 is 28.3 Å². The molecule has 0 spiro atoms. The van der Waals surface area contributed by atoms with Crippen LogP contribution in [-0.4, -0.2) is 7.11 Å². The fourth-order valence-electron chi connectivity index (χ4n) is 2.14. The maximum absolute atomic E-state index is 6.35. The molecule has 0 amide bonds. The van der Waals surface area contributed by atoms with Crippen LogP contribution in [-0.2, 0) is 10.9 Å². The lowest BCUT2D eigenvalue weighted by Crippen LogP contribution is -2.40. The molecule has 1 unspecified atom stereocenters. The van der Waals surface area contributed by atoms with Gasteiger partial charge in [0.1, 0.15) is 10.2 Å². The van der Waals surface area contributed by atoms with Crippen molar-refractivity contribution in [1.29, 1.82) is 0 Å². The second-order valence-corrected chi connectivity index (χ2v) is 6.05. The molecule has 90 valence electrons. The van der Waals surface area contributed by atoms with Gasteiger partial charge in [0, 0.05) is 5.41 Å². The molecule has 0 bridgehead atoms. The molecule has 0 aromatic heterocycles. The fourth-order valence-corrected chi connectivity index (χ4v) is 2.65. The Bertz CT molecular complexity index is 404. The van der Waals surface area contributed by atoms with Gasteiger partial charge in [-0.1, -0.05) is 35.8 Å². The van der Waals surface area contributed by atoms with Crippen molar-refractivity contribution < 1.29 is 4.74 Å². The number of nitrogens with two attached hydrogens (primary N) is 1. The van der Waals surface area contributed by atoms with E-state index in [-0.39, 0.29) is 17.8 Å². The number of methoxy groups -OCH3 is 1. The number of benzene rings is 1. The van der Waals surface area contributed by atoms with Gasteiger partial charge >= 0.3 is 0 Å². The average molecular weight is 307 g/mol. The van der Waals surface area contributed by atoms with Crippen molar-refractivity contribution in [2.24, 2.45) is 11.1 Å². The Balaban J connectivity index is 0.00000128. The molecule has 0 saturated heterocycles. The Morgan fingerprint density at radius 3 is 2.56 bits per heavy atom. The van der Waals surface area contributed by atoms with Gasteiger partial charge in [0.2, 0.25) is 0 Å². The van der Waals surface area contributed by atoms with E-state index in [1.54, 1.807) is 7.11 Å². The molecular weight excluding hydrogens is 289 g/mol. The highest BCUT2D eigenvalue weighted by atomic mass is 79.9. The van der Waals surface area contributed by atoms with Gasteiger partial charge in [0.05, 0.1) is 7.11 Å². The number of hydrogen-bond acceptors (Lipinski definition) is 2. The second-order valence-electron chi connectivity index (χ2n) is 4.80. The highest BCUT2D eigenvalue weighted by molar-refractivity contribution is 9.09. The summed E-state index contributed by atoms with van der Waals surface area (Å²) in [6.45, 7) is 4.35. The molecule has 1 aromatic rings. The van der Waals surface area contributed by atoms with Gasteiger partial charge in [0.15, 0.2) is 0 Å². The molecule has 0 saturated carbocycles. The summed E-state index contributed by atoms with van der Waals surface area (Å²) in [5.74, 6) is 0.862. The van der Waals surface area contributed by atoms with Crippen LogP contribution < -0.4 is 10.5 Å². The minimum atomic E-state index is -0.454. The van der Waals surface area contributed by atoms with Gasteiger partial charge < -0.3 is 10.5 Å². The summed E-state index contributed by atoms with van der Waals surface area (Å²) in [6, 6.07) is 6.12. The molecule has 2 rings (SSSR count). The van der Waals surface area contributed by atoms with Gasteiger partial charge in [-0.3, -0.25) is 0 Å². The smallest absolute Gasteiger partial charge is 0.119 e. The molecule has 0 fully saturated rings. The monoisotopic (exact) mass is 305 g/mol. The molecule has 0 heterocycles. The lowest BCUT2D eigenvalue weighted by molar-refractivity contribution is 0.293. The van der Waals surface area contributed by atoms with Gasteiger partial charge in [-0.05, 0) is 29.7 Å². The predicted molar refractivity (Wildman–Crippen MR) is 72.5 cm³/mol. The highest BCUT2D eigenvalue weighted by Gasteiger charge is 2.48. The highest BCUT2D eigenvalue weighted by Crippen LogP contribution is 2.52. The average Bonchev–Trinajstić information content (AvgIpc) is 2.34. The van der Waals surface area contributed by atoms with Crippen molar-refractivity contribution in [3.63, 3.8) is 0 Å². The van der Waals surface area contributed by atoms with Crippen molar-refractivity contribution in [2.75, 3.05) is 7.11 Å². The number of ether oxygens (including phenoxy) is 1. The predicted octanol–water partition coefficient (Wildman–Crippen LogP) is 3.21. The van der Waals surface area contributed by atoms with E-state index in [2.05, 4.69) is 35.8 Å². The van der Waals surface area contributed by atoms with E-state index in [1.165, 1.54) is 5.56 Å². The first-order chi connectivity index (χ1) is 6.88. The zero-order valence-electron chi connectivity index (χ0n) is 9.71. The Morgan fingerprint density at radius 1 is 1.38 bits per heavy atom. The molecule has 2 nitrogen and oxygen atoms in total. The van der Waals surface area contributed by atoms with Gasteiger partial charge in [0.25, 0.3) is 0 Å². The first kappa shape index (κ1) is 13.8. The second kappa shape index (κ2) is 4.21. The minimum Gasteiger partial charge on any atom is -0.497 e. The number of fused-ring (bicyclic) bond motifs is 1. The summed E-state index contributed by atoms with van der Waals surface area (Å²) in [7, 11) is 1.67. The van der Waals surface area contributed by atoms with Crippen LogP contribution in [0.5, 0.6) is 5.75 Å². The summed E-state index contributed by atoms with van der Waals surface area (Å²) in [5.41, 5.74) is 8.83. The Labute approximate surface area is 111 Å². The standard InChI is InChI=1S/C12H16BrNO.ClH/c1-11(2)7-8-4-5-9(15-3)6-10(8)12(11,13)14;/h4-6H,7,14H2,1-3H3;1H. The number of halogens is 2. The molecule has 1 aromatic carbocycles. The largest absolute Gasteiger partial charge is 0.497 e.